The molecule has 3 N–H and O–H groups in total. The number of aliphatic carboxylic acids is 1. The summed E-state index contributed by atoms with van der Waals surface area (Å²) in [7, 11) is 0. The molecule has 10 nitrogen and oxygen atoms in total. The maximum Gasteiger partial charge on any atom is 0.323 e. The number of nitrogens with one attached hydrogen (secondary N) is 2. The Kier molecular flexibility index (Phi) is 7.18. The first-order valence-electron chi connectivity index (χ1n) is 12.4. The molecule has 0 spiro atoms. The molecule has 4 aromatic rings. The number of ether oxygens (including phenoxy) is 1. The van der Waals surface area contributed by atoms with Gasteiger partial charge in [-0.15, -0.1) is 0 Å². The molecule has 6 rings (SSSR count). The normalized spacial score (nSPS) is 19.6. The number of rotatable bonds is 7. The highest BCUT2D eigenvalue weighted by atomic mass is 79.9. The Morgan fingerprint density at radius 3 is 2.59 bits per heavy atom. The number of fused-ring (bicyclic) bond motifs is 3. The number of nitrogens with zero attached hydrogens (tertiary/aromatic N) is 1. The van der Waals surface area contributed by atoms with Gasteiger partial charge in [-0.3, -0.25) is 28.9 Å². The Bertz CT molecular complexity index is 1800. The summed E-state index contributed by atoms with van der Waals surface area (Å²) in [6, 6.07) is 18.4. The minimum Gasteiger partial charge on any atom is -0.483 e. The zero-order valence-corrected chi connectivity index (χ0v) is 24.2. The highest BCUT2D eigenvalue weighted by molar-refractivity contribution is 9.10. The number of carboxylic acids is 1. The van der Waals surface area contributed by atoms with Crippen molar-refractivity contribution in [1.29, 1.82) is 0 Å². The van der Waals surface area contributed by atoms with Crippen molar-refractivity contribution in [1.82, 2.24) is 9.88 Å². The number of carbonyl (C=O) groups is 4. The van der Waals surface area contributed by atoms with Gasteiger partial charge in [0.25, 0.3) is 5.91 Å². The molecule has 2 aliphatic rings. The van der Waals surface area contributed by atoms with Crippen LogP contribution in [0.2, 0.25) is 0 Å². The van der Waals surface area contributed by atoms with Crippen LogP contribution < -0.4 is 14.9 Å². The van der Waals surface area contributed by atoms with Crippen LogP contribution in [0.5, 0.6) is 5.75 Å². The van der Waals surface area contributed by atoms with E-state index in [2.05, 4.69) is 26.2 Å². The number of carboxylic acid groups (broad SMARTS) is 1. The van der Waals surface area contributed by atoms with Gasteiger partial charge in [0, 0.05) is 26.5 Å². The number of aromatic amines is 1. The lowest BCUT2D eigenvalue weighted by molar-refractivity contribution is -0.149. The van der Waals surface area contributed by atoms with E-state index in [-0.39, 0.29) is 11.5 Å². The number of H-pyrrole nitrogens is 1. The Morgan fingerprint density at radius 1 is 1.02 bits per heavy atom. The number of thiazole rings is 1. The molecule has 2 aliphatic heterocycles. The minimum absolute atomic E-state index is 0.293. The van der Waals surface area contributed by atoms with Crippen molar-refractivity contribution in [3.05, 3.63) is 85.2 Å². The third-order valence-corrected chi connectivity index (χ3v) is 9.80. The zero-order valence-electron chi connectivity index (χ0n) is 21.0. The number of imide groups is 1. The number of anilines is 1. The van der Waals surface area contributed by atoms with Crippen molar-refractivity contribution in [3.8, 4) is 5.75 Å². The summed E-state index contributed by atoms with van der Waals surface area (Å²) in [5.41, 5.74) is 1.10. The van der Waals surface area contributed by atoms with E-state index in [1.165, 1.54) is 0 Å². The fourth-order valence-corrected chi connectivity index (χ4v) is 8.11. The lowest BCUT2D eigenvalue weighted by Gasteiger charge is -2.31. The number of benzene rings is 3. The minimum atomic E-state index is -1.31. The molecule has 1 saturated heterocycles. The number of halogens is 1. The molecular weight excluding hydrogens is 634 g/mol. The molecule has 0 unspecified atom stereocenters. The van der Waals surface area contributed by atoms with Gasteiger partial charge in [0.05, 0.1) is 10.9 Å². The number of carbonyl (C=O) groups excluding carboxylic acids is 3. The molecular formula is C28H20BrN3O7S2. The molecule has 3 amide bonds. The van der Waals surface area contributed by atoms with Crippen LogP contribution in [-0.2, 0) is 19.2 Å². The summed E-state index contributed by atoms with van der Waals surface area (Å²) in [5, 5.41) is 13.7. The van der Waals surface area contributed by atoms with Gasteiger partial charge in [-0.2, -0.15) is 0 Å². The van der Waals surface area contributed by atoms with Gasteiger partial charge in [-0.05, 0) is 41.1 Å². The lowest BCUT2D eigenvalue weighted by Crippen LogP contribution is -2.36. The Labute approximate surface area is 248 Å². The number of likely N-dealkylation sites (tertiary alicyclic amines) is 1. The summed E-state index contributed by atoms with van der Waals surface area (Å²) in [6.45, 7) is -1.09. The molecule has 0 radical (unpaired) electrons. The average Bonchev–Trinajstić information content (AvgIpc) is 3.42. The van der Waals surface area contributed by atoms with E-state index in [0.29, 0.717) is 31.4 Å². The first-order valence-corrected chi connectivity index (χ1v) is 14.9. The molecule has 3 heterocycles. The molecule has 1 fully saturated rings. The molecule has 208 valence electrons. The van der Waals surface area contributed by atoms with Crippen LogP contribution in [0.15, 0.2) is 75.0 Å². The topological polar surface area (TPSA) is 146 Å². The summed E-state index contributed by atoms with van der Waals surface area (Å²) in [6.07, 6.45) is 0. The maximum absolute atomic E-state index is 13.5. The number of amides is 3. The lowest BCUT2D eigenvalue weighted by atomic mass is 9.82. The predicted octanol–water partition coefficient (Wildman–Crippen LogP) is 4.05. The Hall–Kier alpha value is -3.94. The Balaban J connectivity index is 1.31. The van der Waals surface area contributed by atoms with Crippen LogP contribution in [0, 0.1) is 5.92 Å². The predicted molar refractivity (Wildman–Crippen MR) is 156 cm³/mol. The number of hydrogen-bond donors (Lipinski definition) is 3. The van der Waals surface area contributed by atoms with Gasteiger partial charge < -0.3 is 20.1 Å². The van der Waals surface area contributed by atoms with Crippen molar-refractivity contribution in [2.24, 2.45) is 5.92 Å². The largest absolute Gasteiger partial charge is 0.483 e. The van der Waals surface area contributed by atoms with E-state index >= 15 is 0 Å². The van der Waals surface area contributed by atoms with Gasteiger partial charge in [-0.25, -0.2) is 0 Å². The molecule has 13 heteroatoms. The smallest absolute Gasteiger partial charge is 0.323 e. The van der Waals surface area contributed by atoms with E-state index in [1.807, 2.05) is 36.4 Å². The highest BCUT2D eigenvalue weighted by Gasteiger charge is 2.56. The molecule has 1 aromatic heterocycles. The SMILES string of the molecule is O=C(O)CN1C(=O)[C@@H]2[C@H](c3cc(Br)ccc3OCC(=O)Nc3ccc4ccccc4c3)c3sc(=O)[nH]c3S[C@@H]2C1=O. The first kappa shape index (κ1) is 27.2. The van der Waals surface area contributed by atoms with Crippen molar-refractivity contribution in [2.45, 2.75) is 16.2 Å². The molecule has 41 heavy (non-hydrogen) atoms. The number of hydrogen-bond acceptors (Lipinski definition) is 8. The fourth-order valence-electron chi connectivity index (χ4n) is 5.20. The first-order chi connectivity index (χ1) is 19.7. The average molecular weight is 655 g/mol. The van der Waals surface area contributed by atoms with Crippen LogP contribution in [0.25, 0.3) is 10.8 Å². The van der Waals surface area contributed by atoms with Crippen molar-refractivity contribution < 1.29 is 29.0 Å². The molecule has 3 aromatic carbocycles. The fraction of sp³-hybridized carbons (Fsp3) is 0.179. The van der Waals surface area contributed by atoms with Gasteiger partial charge in [0.2, 0.25) is 11.8 Å². The number of aromatic nitrogens is 1. The monoisotopic (exact) mass is 653 g/mol. The second kappa shape index (κ2) is 10.8. The summed E-state index contributed by atoms with van der Waals surface area (Å²) < 4.78 is 6.62. The van der Waals surface area contributed by atoms with Crippen LogP contribution >= 0.6 is 39.0 Å². The summed E-state index contributed by atoms with van der Waals surface area (Å²) >= 11 is 5.42. The van der Waals surface area contributed by atoms with Crippen molar-refractivity contribution >= 4 is 79.2 Å². The quantitative estimate of drug-likeness (QED) is 0.253. The van der Waals surface area contributed by atoms with Crippen molar-refractivity contribution in [2.75, 3.05) is 18.5 Å². The second-order valence-corrected chi connectivity index (χ2v) is 12.6. The standard InChI is InChI=1S/C28H20BrN3O7S2/c29-15-6-8-18(39-12-19(33)30-16-7-5-13-3-1-2-4-14(13)9-16)17(10-15)21-22-24(40-25-23(21)41-28(38)31-25)27(37)32(26(22)36)11-20(34)35/h1-10,21-22,24H,11-12H2,(H,30,33)(H,31,38)(H,34,35)/t21-,22+,24-/m0/s1. The van der Waals surface area contributed by atoms with Gasteiger partial charge in [0.1, 0.15) is 17.5 Å². The molecule has 0 saturated carbocycles. The van der Waals surface area contributed by atoms with E-state index in [1.54, 1.807) is 24.3 Å². The molecule has 3 atom stereocenters. The highest BCUT2D eigenvalue weighted by Crippen LogP contribution is 2.54. The maximum atomic E-state index is 13.5. The van der Waals surface area contributed by atoms with Crippen LogP contribution in [0.3, 0.4) is 0 Å². The second-order valence-electron chi connectivity index (χ2n) is 9.49. The van der Waals surface area contributed by atoms with Crippen LogP contribution in [0.4, 0.5) is 5.69 Å². The van der Waals surface area contributed by atoms with Crippen LogP contribution in [-0.4, -0.2) is 57.1 Å². The Morgan fingerprint density at radius 2 is 1.80 bits per heavy atom. The van der Waals surface area contributed by atoms with Gasteiger partial charge in [0.15, 0.2) is 6.61 Å². The summed E-state index contributed by atoms with van der Waals surface area (Å²) in [4.78, 5) is 66.9. The third-order valence-electron chi connectivity index (χ3n) is 6.91. The zero-order chi connectivity index (χ0) is 28.8. The summed E-state index contributed by atoms with van der Waals surface area (Å²) in [5.74, 6) is -4.42. The molecule has 0 bridgehead atoms. The van der Waals surface area contributed by atoms with Crippen molar-refractivity contribution in [3.63, 3.8) is 0 Å². The van der Waals surface area contributed by atoms with E-state index in [9.17, 15) is 29.1 Å². The van der Waals surface area contributed by atoms with E-state index in [0.717, 1.165) is 38.8 Å². The van der Waals surface area contributed by atoms with Gasteiger partial charge >= 0.3 is 10.8 Å². The van der Waals surface area contributed by atoms with E-state index in [4.69, 9.17) is 4.74 Å². The van der Waals surface area contributed by atoms with Gasteiger partial charge in [-0.1, -0.05) is 69.4 Å². The number of thioether (sulfide) groups is 1. The third kappa shape index (κ3) is 5.16. The van der Waals surface area contributed by atoms with E-state index < -0.39 is 47.3 Å². The molecule has 0 aliphatic carbocycles. The van der Waals surface area contributed by atoms with Crippen LogP contribution in [0.1, 0.15) is 16.4 Å².